The van der Waals surface area contributed by atoms with Gasteiger partial charge in [-0.1, -0.05) is 71.6 Å². The van der Waals surface area contributed by atoms with Crippen molar-refractivity contribution in [2.24, 2.45) is 11.8 Å². The van der Waals surface area contributed by atoms with Crippen molar-refractivity contribution in [2.75, 3.05) is 13.2 Å². The minimum atomic E-state index is -1.27. The number of halogens is 1. The van der Waals surface area contributed by atoms with Gasteiger partial charge in [-0.3, -0.25) is 14.4 Å². The highest BCUT2D eigenvalue weighted by atomic mass is 79.9. The topological polar surface area (TPSA) is 107 Å². The molecule has 2 bridgehead atoms. The van der Waals surface area contributed by atoms with E-state index in [-0.39, 0.29) is 16.8 Å². The molecule has 2 amide bonds. The number of likely N-dealkylation sites (tertiary alicyclic amines) is 1. The second-order valence-corrected chi connectivity index (χ2v) is 11.6. The summed E-state index contributed by atoms with van der Waals surface area (Å²) >= 11 is 3.59. The largest absolute Gasteiger partial charge is 0.481 e. The smallest absolute Gasteiger partial charge is 0.310 e. The molecule has 1 aliphatic carbocycles. The summed E-state index contributed by atoms with van der Waals surface area (Å²) in [6, 6.07) is 7.28. The fourth-order valence-corrected chi connectivity index (χ4v) is 8.04. The third-order valence-electron chi connectivity index (χ3n) is 8.56. The summed E-state index contributed by atoms with van der Waals surface area (Å²) in [6.45, 7) is 3.80. The van der Waals surface area contributed by atoms with E-state index in [1.807, 2.05) is 35.2 Å². The lowest BCUT2D eigenvalue weighted by molar-refractivity contribution is -0.154. The van der Waals surface area contributed by atoms with E-state index in [1.54, 1.807) is 6.08 Å². The van der Waals surface area contributed by atoms with Gasteiger partial charge in [0.25, 0.3) is 0 Å². The molecule has 194 valence electrons. The van der Waals surface area contributed by atoms with Crippen LogP contribution in [0.2, 0.25) is 0 Å². The third-order valence-corrected chi connectivity index (χ3v) is 9.41. The van der Waals surface area contributed by atoms with Crippen molar-refractivity contribution in [3.05, 3.63) is 48.6 Å². The number of carboxylic acid groups (broad SMARTS) is 1. The number of aliphatic hydroxyl groups is 1. The van der Waals surface area contributed by atoms with E-state index in [0.717, 1.165) is 32.1 Å². The minimum Gasteiger partial charge on any atom is -0.481 e. The van der Waals surface area contributed by atoms with Crippen molar-refractivity contribution >= 4 is 33.7 Å². The zero-order chi connectivity index (χ0) is 25.6. The van der Waals surface area contributed by atoms with Gasteiger partial charge in [-0.25, -0.2) is 0 Å². The number of carbonyl (C=O) groups is 3. The Hall–Kier alpha value is -2.23. The number of aliphatic carboxylic acids is 1. The van der Waals surface area contributed by atoms with Gasteiger partial charge in [0.15, 0.2) is 0 Å². The number of carbonyl (C=O) groups excluding carboxylic acids is 2. The number of benzene rings is 1. The van der Waals surface area contributed by atoms with E-state index in [9.17, 15) is 24.6 Å². The van der Waals surface area contributed by atoms with Crippen LogP contribution in [0.5, 0.6) is 0 Å². The maximum Gasteiger partial charge on any atom is 0.310 e. The number of ether oxygens (including phenoxy) is 1. The van der Waals surface area contributed by atoms with Gasteiger partial charge < -0.3 is 24.7 Å². The van der Waals surface area contributed by atoms with E-state index in [2.05, 4.69) is 22.5 Å². The van der Waals surface area contributed by atoms with Crippen LogP contribution in [0.4, 0.5) is 0 Å². The summed E-state index contributed by atoms with van der Waals surface area (Å²) in [5.74, 6) is -3.84. The van der Waals surface area contributed by atoms with Crippen LogP contribution in [0.3, 0.4) is 0 Å². The molecule has 3 heterocycles. The fraction of sp³-hybridized carbons (Fsp3) is 0.593. The minimum absolute atomic E-state index is 0.0228. The molecular weight excluding hydrogens is 528 g/mol. The molecule has 4 aliphatic rings. The summed E-state index contributed by atoms with van der Waals surface area (Å²) in [5.41, 5.74) is -0.584. The van der Waals surface area contributed by atoms with Crippen LogP contribution in [0.1, 0.15) is 50.1 Å². The van der Waals surface area contributed by atoms with Gasteiger partial charge in [0.2, 0.25) is 11.8 Å². The van der Waals surface area contributed by atoms with Crippen molar-refractivity contribution in [1.29, 1.82) is 0 Å². The second-order valence-electron chi connectivity index (χ2n) is 10.4. The van der Waals surface area contributed by atoms with E-state index in [0.29, 0.717) is 18.5 Å². The van der Waals surface area contributed by atoms with E-state index < -0.39 is 54.1 Å². The molecule has 5 rings (SSSR count). The van der Waals surface area contributed by atoms with Crippen molar-refractivity contribution in [3.63, 3.8) is 0 Å². The molecule has 36 heavy (non-hydrogen) atoms. The van der Waals surface area contributed by atoms with Gasteiger partial charge in [0, 0.05) is 17.4 Å². The zero-order valence-corrected chi connectivity index (χ0v) is 21.8. The Balaban J connectivity index is 1.63. The van der Waals surface area contributed by atoms with Gasteiger partial charge in [-0.2, -0.15) is 0 Å². The molecule has 0 aromatic heterocycles. The first-order valence-corrected chi connectivity index (χ1v) is 13.7. The number of alkyl halides is 1. The van der Waals surface area contributed by atoms with Crippen LogP contribution >= 0.6 is 15.9 Å². The number of hydrogen-bond acceptors (Lipinski definition) is 5. The Morgan fingerprint density at radius 2 is 1.94 bits per heavy atom. The number of hydrogen-bond donors (Lipinski definition) is 2. The number of rotatable bonds is 8. The summed E-state index contributed by atoms with van der Waals surface area (Å²) in [4.78, 5) is 43.9. The zero-order valence-electron chi connectivity index (χ0n) is 20.2. The molecule has 1 aromatic carbocycles. The first-order valence-electron chi connectivity index (χ1n) is 12.8. The Morgan fingerprint density at radius 1 is 1.25 bits per heavy atom. The summed E-state index contributed by atoms with van der Waals surface area (Å²) in [6.07, 6.45) is 6.29. The summed E-state index contributed by atoms with van der Waals surface area (Å²) in [7, 11) is 0. The Morgan fingerprint density at radius 3 is 2.56 bits per heavy atom. The van der Waals surface area contributed by atoms with Crippen LogP contribution in [-0.2, 0) is 19.1 Å². The standard InChI is InChI=1S/C27H33BrN2O6/c1-2-13-29(17-11-7-4-8-12-17)25(33)23-27-14-18(28)22(36-27)20(26(34)35)21(27)24(32)30(23)19(15-31)16-9-5-3-6-10-16/h2-3,5-6,9-10,17-23,31H,1,4,7-8,11-15H2,(H,34,35)/t18?,19-,20+,21+,22+,23?,27?/m1/s1. The highest BCUT2D eigenvalue weighted by Crippen LogP contribution is 2.61. The number of carboxylic acids is 1. The predicted octanol–water partition coefficient (Wildman–Crippen LogP) is 2.90. The lowest BCUT2D eigenvalue weighted by Gasteiger charge is -2.42. The Labute approximate surface area is 219 Å². The molecular formula is C27H33BrN2O6. The van der Waals surface area contributed by atoms with Crippen LogP contribution in [-0.4, -0.2) is 79.6 Å². The van der Waals surface area contributed by atoms with Gasteiger partial charge >= 0.3 is 5.97 Å². The highest BCUT2D eigenvalue weighted by Gasteiger charge is 2.77. The highest BCUT2D eigenvalue weighted by molar-refractivity contribution is 9.09. The third kappa shape index (κ3) is 3.82. The van der Waals surface area contributed by atoms with Crippen molar-refractivity contribution in [3.8, 4) is 0 Å². The fourth-order valence-electron chi connectivity index (χ4n) is 7.10. The Kier molecular flexibility index (Phi) is 7.00. The molecule has 1 saturated carbocycles. The molecule has 0 radical (unpaired) electrons. The first-order chi connectivity index (χ1) is 17.4. The van der Waals surface area contributed by atoms with Crippen molar-refractivity contribution in [1.82, 2.24) is 9.80 Å². The van der Waals surface area contributed by atoms with E-state index >= 15 is 0 Å². The SMILES string of the molecule is C=CCN(C(=O)C1N([C@H](CO)c2ccccc2)C(=O)[C@@H]2[C@H](C(=O)O)[C@H]3OC12CC3Br)C1CCCCC1. The number of aliphatic hydroxyl groups excluding tert-OH is 1. The molecule has 8 nitrogen and oxygen atoms in total. The molecule has 3 aliphatic heterocycles. The van der Waals surface area contributed by atoms with Crippen LogP contribution < -0.4 is 0 Å². The van der Waals surface area contributed by atoms with E-state index in [4.69, 9.17) is 4.74 Å². The van der Waals surface area contributed by atoms with Gasteiger partial charge in [-0.15, -0.1) is 6.58 Å². The lowest BCUT2D eigenvalue weighted by Crippen LogP contribution is -2.59. The van der Waals surface area contributed by atoms with Crippen LogP contribution in [0, 0.1) is 11.8 Å². The number of nitrogens with zero attached hydrogens (tertiary/aromatic N) is 2. The maximum atomic E-state index is 14.5. The van der Waals surface area contributed by atoms with Gasteiger partial charge in [-0.05, 0) is 24.8 Å². The molecule has 3 saturated heterocycles. The summed E-state index contributed by atoms with van der Waals surface area (Å²) < 4.78 is 6.41. The molecule has 3 unspecified atom stereocenters. The molecule has 2 N–H and O–H groups in total. The van der Waals surface area contributed by atoms with Crippen LogP contribution in [0.25, 0.3) is 0 Å². The quantitative estimate of drug-likeness (QED) is 0.374. The second kappa shape index (κ2) is 9.91. The molecule has 1 spiro atoms. The monoisotopic (exact) mass is 560 g/mol. The first kappa shape index (κ1) is 25.4. The number of fused-ring (bicyclic) bond motifs is 1. The van der Waals surface area contributed by atoms with Crippen LogP contribution in [0.15, 0.2) is 43.0 Å². The van der Waals surface area contributed by atoms with Crippen molar-refractivity contribution in [2.45, 2.75) is 73.2 Å². The average Bonchev–Trinajstić information content (AvgIpc) is 3.48. The van der Waals surface area contributed by atoms with E-state index in [1.165, 1.54) is 4.90 Å². The molecule has 9 heteroatoms. The van der Waals surface area contributed by atoms with Crippen molar-refractivity contribution < 1.29 is 29.3 Å². The maximum absolute atomic E-state index is 14.5. The summed E-state index contributed by atoms with van der Waals surface area (Å²) in [5, 5.41) is 20.6. The predicted molar refractivity (Wildman–Crippen MR) is 135 cm³/mol. The average molecular weight is 561 g/mol. The van der Waals surface area contributed by atoms with Gasteiger partial charge in [0.1, 0.15) is 11.6 Å². The molecule has 7 atom stereocenters. The normalized spacial score (nSPS) is 34.4. The molecule has 4 fully saturated rings. The molecule has 1 aromatic rings. The number of amides is 2. The van der Waals surface area contributed by atoms with Gasteiger partial charge in [0.05, 0.1) is 30.6 Å². The Bertz CT molecular complexity index is 1030. The lowest BCUT2D eigenvalue weighted by atomic mass is 9.70.